The first kappa shape index (κ1) is 14.0. The Morgan fingerprint density at radius 3 is 2.67 bits per heavy atom. The fourth-order valence-corrected chi connectivity index (χ4v) is 3.30. The predicted octanol–water partition coefficient (Wildman–Crippen LogP) is 3.94. The van der Waals surface area contributed by atoms with Gasteiger partial charge in [0.1, 0.15) is 0 Å². The first-order valence-corrected chi connectivity index (χ1v) is 7.54. The van der Waals surface area contributed by atoms with Gasteiger partial charge in [0.05, 0.1) is 9.89 Å². The van der Waals surface area contributed by atoms with Gasteiger partial charge in [0.2, 0.25) is 0 Å². The lowest BCUT2D eigenvalue weighted by Crippen LogP contribution is -2.19. The Balaban J connectivity index is 2.28. The van der Waals surface area contributed by atoms with E-state index in [9.17, 15) is 5.11 Å². The zero-order valence-corrected chi connectivity index (χ0v) is 12.7. The molecule has 2 aromatic rings. The standard InChI is InChI=1S/C13H13BrClNOS/c14-12-5-9(7-18-12)13(17)11(6-16)8-2-1-3-10(15)4-8/h1-5,7,11,13,17H,6,16H2. The van der Waals surface area contributed by atoms with Crippen molar-refractivity contribution in [3.05, 3.63) is 55.6 Å². The first-order valence-electron chi connectivity index (χ1n) is 5.49. The number of hydrogen-bond donors (Lipinski definition) is 2. The molecule has 1 heterocycles. The first-order chi connectivity index (χ1) is 8.61. The van der Waals surface area contributed by atoms with Gasteiger partial charge in [0.15, 0.2) is 0 Å². The van der Waals surface area contributed by atoms with Crippen molar-refractivity contribution in [3.8, 4) is 0 Å². The van der Waals surface area contributed by atoms with Crippen molar-refractivity contribution in [3.63, 3.8) is 0 Å². The van der Waals surface area contributed by atoms with Gasteiger partial charge in [-0.15, -0.1) is 11.3 Å². The molecule has 96 valence electrons. The summed E-state index contributed by atoms with van der Waals surface area (Å²) in [6.07, 6.45) is -0.615. The van der Waals surface area contributed by atoms with Crippen molar-refractivity contribution in [1.82, 2.24) is 0 Å². The van der Waals surface area contributed by atoms with Crippen LogP contribution in [0.15, 0.2) is 39.5 Å². The molecule has 18 heavy (non-hydrogen) atoms. The average molecular weight is 347 g/mol. The van der Waals surface area contributed by atoms with Crippen LogP contribution in [-0.4, -0.2) is 11.7 Å². The molecule has 5 heteroatoms. The number of thiophene rings is 1. The third-order valence-electron chi connectivity index (χ3n) is 2.84. The Labute approximate surface area is 124 Å². The van der Waals surface area contributed by atoms with Crippen LogP contribution in [0.4, 0.5) is 0 Å². The van der Waals surface area contributed by atoms with Gasteiger partial charge in [0.25, 0.3) is 0 Å². The largest absolute Gasteiger partial charge is 0.388 e. The molecule has 2 unspecified atom stereocenters. The second-order valence-electron chi connectivity index (χ2n) is 4.03. The Kier molecular flexibility index (Phi) is 4.81. The van der Waals surface area contributed by atoms with E-state index in [0.717, 1.165) is 14.9 Å². The second kappa shape index (κ2) is 6.17. The van der Waals surface area contributed by atoms with Crippen molar-refractivity contribution >= 4 is 38.9 Å². The van der Waals surface area contributed by atoms with E-state index in [-0.39, 0.29) is 5.92 Å². The lowest BCUT2D eigenvalue weighted by molar-refractivity contribution is 0.148. The molecule has 0 aliphatic rings. The molecular weight excluding hydrogens is 334 g/mol. The van der Waals surface area contributed by atoms with Crippen LogP contribution in [-0.2, 0) is 0 Å². The number of halogens is 2. The van der Waals surface area contributed by atoms with Crippen LogP contribution in [0.3, 0.4) is 0 Å². The minimum atomic E-state index is -0.615. The monoisotopic (exact) mass is 345 g/mol. The van der Waals surface area contributed by atoms with Gasteiger partial charge in [-0.05, 0) is 50.6 Å². The highest BCUT2D eigenvalue weighted by atomic mass is 79.9. The van der Waals surface area contributed by atoms with E-state index in [0.29, 0.717) is 11.6 Å². The summed E-state index contributed by atoms with van der Waals surface area (Å²) in [5, 5.41) is 13.0. The molecule has 0 aliphatic heterocycles. The van der Waals surface area contributed by atoms with E-state index >= 15 is 0 Å². The molecule has 0 bridgehead atoms. The number of rotatable bonds is 4. The smallest absolute Gasteiger partial charge is 0.0879 e. The molecule has 3 N–H and O–H groups in total. The Hall–Kier alpha value is -0.390. The number of nitrogens with two attached hydrogens (primary N) is 1. The summed E-state index contributed by atoms with van der Waals surface area (Å²) in [4.78, 5) is 0. The van der Waals surface area contributed by atoms with Crippen molar-refractivity contribution in [2.75, 3.05) is 6.54 Å². The van der Waals surface area contributed by atoms with Gasteiger partial charge in [0, 0.05) is 17.5 Å². The minimum absolute atomic E-state index is 0.148. The molecule has 0 aliphatic carbocycles. The average Bonchev–Trinajstić information content (AvgIpc) is 2.77. The Morgan fingerprint density at radius 1 is 1.33 bits per heavy atom. The van der Waals surface area contributed by atoms with E-state index < -0.39 is 6.10 Å². The van der Waals surface area contributed by atoms with Crippen LogP contribution in [0.2, 0.25) is 5.02 Å². The van der Waals surface area contributed by atoms with Gasteiger partial charge < -0.3 is 10.8 Å². The summed E-state index contributed by atoms with van der Waals surface area (Å²) in [7, 11) is 0. The molecule has 0 fully saturated rings. The third-order valence-corrected chi connectivity index (χ3v) is 4.60. The summed E-state index contributed by atoms with van der Waals surface area (Å²) in [5.74, 6) is -0.148. The van der Waals surface area contributed by atoms with Crippen LogP contribution in [0.1, 0.15) is 23.1 Å². The van der Waals surface area contributed by atoms with Crippen molar-refractivity contribution in [2.24, 2.45) is 5.73 Å². The maximum absolute atomic E-state index is 10.4. The van der Waals surface area contributed by atoms with Crippen LogP contribution in [0.25, 0.3) is 0 Å². The fraction of sp³-hybridized carbons (Fsp3) is 0.231. The SMILES string of the molecule is NCC(c1cccc(Cl)c1)C(O)c1csc(Br)c1. The molecule has 0 amide bonds. The Bertz CT molecular complexity index is 531. The summed E-state index contributed by atoms with van der Waals surface area (Å²) >= 11 is 10.9. The molecule has 0 saturated heterocycles. The summed E-state index contributed by atoms with van der Waals surface area (Å²) in [5.41, 5.74) is 7.62. The molecule has 0 saturated carbocycles. The van der Waals surface area contributed by atoms with Gasteiger partial charge in [-0.25, -0.2) is 0 Å². The maximum atomic E-state index is 10.4. The Morgan fingerprint density at radius 2 is 2.11 bits per heavy atom. The molecule has 0 radical (unpaired) electrons. The normalized spacial score (nSPS) is 14.4. The van der Waals surface area contributed by atoms with Crippen molar-refractivity contribution < 1.29 is 5.11 Å². The van der Waals surface area contributed by atoms with Crippen LogP contribution >= 0.6 is 38.9 Å². The van der Waals surface area contributed by atoms with Crippen molar-refractivity contribution in [2.45, 2.75) is 12.0 Å². The highest BCUT2D eigenvalue weighted by molar-refractivity contribution is 9.11. The zero-order chi connectivity index (χ0) is 13.1. The quantitative estimate of drug-likeness (QED) is 0.881. The lowest BCUT2D eigenvalue weighted by atomic mass is 9.90. The maximum Gasteiger partial charge on any atom is 0.0879 e. The topological polar surface area (TPSA) is 46.2 Å². The molecule has 2 nitrogen and oxygen atoms in total. The highest BCUT2D eigenvalue weighted by Crippen LogP contribution is 2.34. The summed E-state index contributed by atoms with van der Waals surface area (Å²) in [6.45, 7) is 0.370. The number of benzene rings is 1. The lowest BCUT2D eigenvalue weighted by Gasteiger charge is -2.21. The van der Waals surface area contributed by atoms with Gasteiger partial charge in [-0.3, -0.25) is 0 Å². The van der Waals surface area contributed by atoms with E-state index in [1.807, 2.05) is 35.7 Å². The molecule has 0 spiro atoms. The van der Waals surface area contributed by atoms with Gasteiger partial charge in [-0.1, -0.05) is 23.7 Å². The summed E-state index contributed by atoms with van der Waals surface area (Å²) < 4.78 is 0.999. The van der Waals surface area contributed by atoms with E-state index in [1.54, 1.807) is 11.3 Å². The summed E-state index contributed by atoms with van der Waals surface area (Å²) in [6, 6.07) is 9.39. The molecular formula is C13H13BrClNOS. The predicted molar refractivity (Wildman–Crippen MR) is 80.2 cm³/mol. The highest BCUT2D eigenvalue weighted by Gasteiger charge is 2.22. The fourth-order valence-electron chi connectivity index (χ4n) is 1.90. The molecule has 2 atom stereocenters. The second-order valence-corrected chi connectivity index (χ2v) is 6.75. The molecule has 1 aromatic carbocycles. The number of aliphatic hydroxyl groups is 1. The molecule has 2 rings (SSSR count). The van der Waals surface area contributed by atoms with Crippen LogP contribution in [0.5, 0.6) is 0 Å². The molecule has 1 aromatic heterocycles. The van der Waals surface area contributed by atoms with E-state index in [1.165, 1.54) is 0 Å². The van der Waals surface area contributed by atoms with E-state index in [4.69, 9.17) is 17.3 Å². The third kappa shape index (κ3) is 3.13. The van der Waals surface area contributed by atoms with Crippen LogP contribution < -0.4 is 5.73 Å². The van der Waals surface area contributed by atoms with Gasteiger partial charge >= 0.3 is 0 Å². The van der Waals surface area contributed by atoms with Crippen LogP contribution in [0, 0.1) is 0 Å². The number of hydrogen-bond acceptors (Lipinski definition) is 3. The van der Waals surface area contributed by atoms with Gasteiger partial charge in [-0.2, -0.15) is 0 Å². The zero-order valence-electron chi connectivity index (χ0n) is 9.51. The van der Waals surface area contributed by atoms with Crippen molar-refractivity contribution in [1.29, 1.82) is 0 Å². The van der Waals surface area contributed by atoms with E-state index in [2.05, 4.69) is 15.9 Å². The number of aliphatic hydroxyl groups excluding tert-OH is 1. The minimum Gasteiger partial charge on any atom is -0.388 e.